The Morgan fingerprint density at radius 2 is 1.59 bits per heavy atom. The van der Waals surface area contributed by atoms with Gasteiger partial charge in [0.25, 0.3) is 17.5 Å². The summed E-state index contributed by atoms with van der Waals surface area (Å²) in [5, 5.41) is 15.8. The maximum Gasteiger partial charge on any atom is 0.278 e. The highest BCUT2D eigenvalue weighted by Crippen LogP contribution is 2.37. The SMILES string of the molecule is O=C1NC(=S)N(c2ccc(Oc3ccccc3)cc2)C(=O)C1=Cc1ccsc1-c1ccccc1[N+](=O)[O-]. The number of nitrogens with one attached hydrogen (secondary N) is 1. The minimum Gasteiger partial charge on any atom is -0.457 e. The highest BCUT2D eigenvalue weighted by Gasteiger charge is 2.35. The number of thiocarbonyl (C=S) groups is 1. The number of nitro groups is 1. The van der Waals surface area contributed by atoms with Gasteiger partial charge in [0.15, 0.2) is 5.11 Å². The highest BCUT2D eigenvalue weighted by molar-refractivity contribution is 7.80. The molecule has 37 heavy (non-hydrogen) atoms. The minimum absolute atomic E-state index is 0.0480. The first-order chi connectivity index (χ1) is 17.9. The van der Waals surface area contributed by atoms with E-state index in [1.54, 1.807) is 53.9 Å². The lowest BCUT2D eigenvalue weighted by Gasteiger charge is -2.29. The molecule has 0 atom stereocenters. The van der Waals surface area contributed by atoms with Gasteiger partial charge >= 0.3 is 0 Å². The maximum atomic E-state index is 13.4. The van der Waals surface area contributed by atoms with E-state index in [2.05, 4.69) is 5.32 Å². The zero-order valence-corrected chi connectivity index (χ0v) is 20.6. The van der Waals surface area contributed by atoms with Crippen molar-refractivity contribution in [2.75, 3.05) is 4.90 Å². The fraction of sp³-hybridized carbons (Fsp3) is 0. The lowest BCUT2D eigenvalue weighted by molar-refractivity contribution is -0.384. The van der Waals surface area contributed by atoms with Crippen molar-refractivity contribution in [3.63, 3.8) is 0 Å². The number of hydrogen-bond donors (Lipinski definition) is 1. The molecule has 182 valence electrons. The van der Waals surface area contributed by atoms with Crippen LogP contribution in [0.1, 0.15) is 5.56 Å². The van der Waals surface area contributed by atoms with Crippen LogP contribution in [-0.2, 0) is 9.59 Å². The molecule has 1 saturated heterocycles. The average molecular weight is 528 g/mol. The molecule has 1 aromatic heterocycles. The van der Waals surface area contributed by atoms with Crippen LogP contribution in [0.25, 0.3) is 16.5 Å². The van der Waals surface area contributed by atoms with Gasteiger partial charge < -0.3 is 4.74 Å². The molecule has 2 amide bonds. The zero-order chi connectivity index (χ0) is 25.9. The summed E-state index contributed by atoms with van der Waals surface area (Å²) in [5.74, 6) is -0.0137. The van der Waals surface area contributed by atoms with E-state index in [0.29, 0.717) is 33.2 Å². The van der Waals surface area contributed by atoms with Crippen molar-refractivity contribution in [1.82, 2.24) is 5.32 Å². The van der Waals surface area contributed by atoms with Crippen molar-refractivity contribution >= 4 is 57.9 Å². The third-order valence-electron chi connectivity index (χ3n) is 5.52. The van der Waals surface area contributed by atoms with E-state index in [1.165, 1.54) is 28.4 Å². The van der Waals surface area contributed by atoms with Crippen LogP contribution in [0.4, 0.5) is 11.4 Å². The first-order valence-corrected chi connectivity index (χ1v) is 12.3. The Balaban J connectivity index is 1.46. The highest BCUT2D eigenvalue weighted by atomic mass is 32.1. The van der Waals surface area contributed by atoms with Gasteiger partial charge in [-0.25, -0.2) is 0 Å². The number of thiophene rings is 1. The normalized spacial score (nSPS) is 14.5. The van der Waals surface area contributed by atoms with Crippen LogP contribution < -0.4 is 15.0 Å². The number of rotatable bonds is 6. The molecule has 0 radical (unpaired) electrons. The number of nitro benzene ring substituents is 1. The van der Waals surface area contributed by atoms with E-state index in [1.807, 2.05) is 30.3 Å². The number of benzene rings is 3. The lowest BCUT2D eigenvalue weighted by atomic mass is 10.0. The molecule has 1 aliphatic rings. The average Bonchev–Trinajstić information content (AvgIpc) is 3.36. The Morgan fingerprint density at radius 3 is 2.32 bits per heavy atom. The molecule has 0 spiro atoms. The predicted octanol–water partition coefficient (Wildman–Crippen LogP) is 5.95. The van der Waals surface area contributed by atoms with Gasteiger partial charge in [0.05, 0.1) is 16.2 Å². The molecule has 0 saturated carbocycles. The number of ether oxygens (including phenoxy) is 1. The van der Waals surface area contributed by atoms with Crippen LogP contribution in [0.5, 0.6) is 11.5 Å². The van der Waals surface area contributed by atoms with Gasteiger partial charge in [-0.1, -0.05) is 30.3 Å². The van der Waals surface area contributed by atoms with Gasteiger partial charge in [-0.15, -0.1) is 11.3 Å². The van der Waals surface area contributed by atoms with E-state index >= 15 is 0 Å². The molecule has 1 N–H and O–H groups in total. The number of amides is 2. The number of para-hydroxylation sites is 2. The van der Waals surface area contributed by atoms with E-state index in [-0.39, 0.29) is 16.4 Å². The van der Waals surface area contributed by atoms with Crippen molar-refractivity contribution < 1.29 is 19.2 Å². The fourth-order valence-corrected chi connectivity index (χ4v) is 5.01. The number of hydrogen-bond acceptors (Lipinski definition) is 7. The fourth-order valence-electron chi connectivity index (χ4n) is 3.81. The Hall–Kier alpha value is -4.67. The zero-order valence-electron chi connectivity index (χ0n) is 19.0. The summed E-state index contributed by atoms with van der Waals surface area (Å²) in [6.45, 7) is 0. The number of anilines is 1. The number of carbonyl (C=O) groups is 2. The first kappa shape index (κ1) is 24.0. The van der Waals surface area contributed by atoms with Crippen molar-refractivity contribution in [3.8, 4) is 21.9 Å². The topological polar surface area (TPSA) is 102 Å². The van der Waals surface area contributed by atoms with Crippen LogP contribution >= 0.6 is 23.6 Å². The second-order valence-electron chi connectivity index (χ2n) is 7.85. The standard InChI is InChI=1S/C27H17N3O5S2/c31-25-22(16-17-14-15-37-24(17)21-8-4-5-9-23(21)30(33)34)26(32)29(27(36)28-25)18-10-12-20(13-11-18)35-19-6-2-1-3-7-19/h1-16H,(H,28,31,36). The quantitative estimate of drug-likeness (QED) is 0.109. The number of carbonyl (C=O) groups excluding carboxylic acids is 2. The molecule has 1 fully saturated rings. The van der Waals surface area contributed by atoms with Crippen LogP contribution in [0.15, 0.2) is 95.9 Å². The molecule has 1 aliphatic heterocycles. The molecule has 0 unspecified atom stereocenters. The van der Waals surface area contributed by atoms with E-state index in [9.17, 15) is 19.7 Å². The molecule has 0 aliphatic carbocycles. The smallest absolute Gasteiger partial charge is 0.278 e. The number of nitrogens with zero attached hydrogens (tertiary/aromatic N) is 2. The van der Waals surface area contributed by atoms with Gasteiger partial charge in [-0.05, 0) is 77.8 Å². The maximum absolute atomic E-state index is 13.4. The molecule has 5 rings (SSSR count). The van der Waals surface area contributed by atoms with Crippen molar-refractivity contribution in [2.45, 2.75) is 0 Å². The molecule has 0 bridgehead atoms. The van der Waals surface area contributed by atoms with Gasteiger partial charge in [0.2, 0.25) is 0 Å². The van der Waals surface area contributed by atoms with Gasteiger partial charge in [0.1, 0.15) is 17.1 Å². The summed E-state index contributed by atoms with van der Waals surface area (Å²) in [7, 11) is 0. The summed E-state index contributed by atoms with van der Waals surface area (Å²) in [6.07, 6.45) is 1.43. The molecular weight excluding hydrogens is 510 g/mol. The molecule has 8 nitrogen and oxygen atoms in total. The largest absolute Gasteiger partial charge is 0.457 e. The minimum atomic E-state index is -0.644. The molecular formula is C27H17N3O5S2. The van der Waals surface area contributed by atoms with E-state index in [4.69, 9.17) is 17.0 Å². The summed E-state index contributed by atoms with van der Waals surface area (Å²) in [4.78, 5) is 39.1. The second kappa shape index (κ2) is 10.1. The molecule has 10 heteroatoms. The lowest BCUT2D eigenvalue weighted by Crippen LogP contribution is -2.54. The third-order valence-corrected chi connectivity index (χ3v) is 6.76. The summed E-state index contributed by atoms with van der Waals surface area (Å²) >= 11 is 6.57. The predicted molar refractivity (Wildman–Crippen MR) is 146 cm³/mol. The van der Waals surface area contributed by atoms with Crippen LogP contribution in [0, 0.1) is 10.1 Å². The van der Waals surface area contributed by atoms with Gasteiger partial charge in [0, 0.05) is 10.9 Å². The Morgan fingerprint density at radius 1 is 0.919 bits per heavy atom. The van der Waals surface area contributed by atoms with Crippen molar-refractivity contribution in [3.05, 3.63) is 112 Å². The van der Waals surface area contributed by atoms with Gasteiger partial charge in [-0.2, -0.15) is 0 Å². The molecule has 4 aromatic rings. The second-order valence-corrected chi connectivity index (χ2v) is 9.15. The van der Waals surface area contributed by atoms with Crippen LogP contribution in [-0.4, -0.2) is 21.9 Å². The third kappa shape index (κ3) is 4.88. The molecule has 3 aromatic carbocycles. The Kier molecular flexibility index (Phi) is 6.59. The summed E-state index contributed by atoms with van der Waals surface area (Å²) in [6, 6.07) is 24.0. The van der Waals surface area contributed by atoms with Crippen molar-refractivity contribution in [2.24, 2.45) is 0 Å². The van der Waals surface area contributed by atoms with Crippen molar-refractivity contribution in [1.29, 1.82) is 0 Å². The summed E-state index contributed by atoms with van der Waals surface area (Å²) < 4.78 is 5.80. The molecule has 2 heterocycles. The summed E-state index contributed by atoms with van der Waals surface area (Å²) in [5.41, 5.74) is 1.16. The first-order valence-electron chi connectivity index (χ1n) is 11.0. The van der Waals surface area contributed by atoms with E-state index < -0.39 is 16.7 Å². The van der Waals surface area contributed by atoms with Crippen LogP contribution in [0.3, 0.4) is 0 Å². The van der Waals surface area contributed by atoms with E-state index in [0.717, 1.165) is 0 Å². The Bertz CT molecular complexity index is 1560. The monoisotopic (exact) mass is 527 g/mol. The Labute approximate surface area is 220 Å². The van der Waals surface area contributed by atoms with Gasteiger partial charge in [-0.3, -0.25) is 29.9 Å². The van der Waals surface area contributed by atoms with Crippen LogP contribution in [0.2, 0.25) is 0 Å².